The molecule has 148 valence electrons. The Balaban J connectivity index is 1.82. The zero-order chi connectivity index (χ0) is 20.3. The summed E-state index contributed by atoms with van der Waals surface area (Å²) < 4.78 is 1.77. The molecule has 0 unspecified atom stereocenters. The van der Waals surface area contributed by atoms with Gasteiger partial charge in [0.1, 0.15) is 17.6 Å². The van der Waals surface area contributed by atoms with E-state index in [2.05, 4.69) is 35.3 Å². The predicted molar refractivity (Wildman–Crippen MR) is 114 cm³/mol. The average molecular weight is 407 g/mol. The number of phenolic OH excluding ortho intramolecular Hbond substituents is 1. The molecule has 2 atom stereocenters. The van der Waals surface area contributed by atoms with E-state index in [0.29, 0.717) is 23.1 Å². The molecule has 7 heteroatoms. The number of nitrogens with zero attached hydrogens (tertiary/aromatic N) is 3. The molecule has 2 aliphatic rings. The molecule has 1 aliphatic heterocycles. The van der Waals surface area contributed by atoms with Crippen molar-refractivity contribution in [3.05, 3.63) is 53.7 Å². The second-order valence-electron chi connectivity index (χ2n) is 8.37. The number of thioether (sulfide) groups is 1. The van der Waals surface area contributed by atoms with Crippen LogP contribution in [-0.4, -0.2) is 31.9 Å². The minimum Gasteiger partial charge on any atom is -0.508 e. The second kappa shape index (κ2) is 6.35. The van der Waals surface area contributed by atoms with Gasteiger partial charge in [-0.1, -0.05) is 62.0 Å². The van der Waals surface area contributed by atoms with Crippen molar-refractivity contribution in [2.45, 2.75) is 31.5 Å². The standard InChI is InChI=1S/C22H22N4O2S/c1-22(2)10-14-18(16(28)11-22)19(26-20(23-14)24-21(25-26)29-3)17-13-7-5-4-6-12(13)8-9-15(17)27/h4-10,18-19,27H,11H2,1-3H3,(H,23,24,25)/t18-,19-/m0/s1. The first-order chi connectivity index (χ1) is 13.9. The second-order valence-corrected chi connectivity index (χ2v) is 9.14. The van der Waals surface area contributed by atoms with Crippen molar-refractivity contribution in [3.8, 4) is 5.75 Å². The largest absolute Gasteiger partial charge is 0.508 e. The summed E-state index contributed by atoms with van der Waals surface area (Å²) >= 11 is 1.45. The maximum absolute atomic E-state index is 13.3. The summed E-state index contributed by atoms with van der Waals surface area (Å²) in [6.45, 7) is 4.12. The van der Waals surface area contributed by atoms with Gasteiger partial charge in [0.25, 0.3) is 0 Å². The van der Waals surface area contributed by atoms with Gasteiger partial charge >= 0.3 is 0 Å². The summed E-state index contributed by atoms with van der Waals surface area (Å²) in [5.41, 5.74) is 1.33. The maximum Gasteiger partial charge on any atom is 0.227 e. The molecule has 1 aliphatic carbocycles. The van der Waals surface area contributed by atoms with E-state index < -0.39 is 12.0 Å². The van der Waals surface area contributed by atoms with Gasteiger partial charge in [-0.05, 0) is 28.5 Å². The molecule has 0 amide bonds. The van der Waals surface area contributed by atoms with Crippen LogP contribution in [0.25, 0.3) is 10.8 Å². The molecule has 0 radical (unpaired) electrons. The molecule has 6 nitrogen and oxygen atoms in total. The minimum absolute atomic E-state index is 0.143. The number of phenols is 1. The van der Waals surface area contributed by atoms with E-state index >= 15 is 0 Å². The Kier molecular flexibility index (Phi) is 4.00. The molecule has 0 bridgehead atoms. The van der Waals surface area contributed by atoms with Crippen molar-refractivity contribution in [3.63, 3.8) is 0 Å². The predicted octanol–water partition coefficient (Wildman–Crippen LogP) is 4.37. The molecular weight excluding hydrogens is 384 g/mol. The van der Waals surface area contributed by atoms with E-state index in [1.54, 1.807) is 10.7 Å². The summed E-state index contributed by atoms with van der Waals surface area (Å²) in [5.74, 6) is 0.465. The van der Waals surface area contributed by atoms with Crippen LogP contribution >= 0.6 is 11.8 Å². The van der Waals surface area contributed by atoms with Crippen LogP contribution in [-0.2, 0) is 4.79 Å². The highest BCUT2D eigenvalue weighted by molar-refractivity contribution is 7.98. The highest BCUT2D eigenvalue weighted by Gasteiger charge is 2.46. The smallest absolute Gasteiger partial charge is 0.227 e. The molecule has 0 spiro atoms. The van der Waals surface area contributed by atoms with Crippen molar-refractivity contribution in [1.29, 1.82) is 0 Å². The van der Waals surface area contributed by atoms with Crippen molar-refractivity contribution >= 4 is 34.3 Å². The number of fused-ring (bicyclic) bond motifs is 3. The molecular formula is C22H22N4O2S. The van der Waals surface area contributed by atoms with E-state index in [1.165, 1.54) is 11.8 Å². The van der Waals surface area contributed by atoms with Gasteiger partial charge in [0.15, 0.2) is 0 Å². The number of hydrogen-bond donors (Lipinski definition) is 2. The van der Waals surface area contributed by atoms with E-state index in [1.807, 2.05) is 36.6 Å². The lowest BCUT2D eigenvalue weighted by Gasteiger charge is -2.40. The minimum atomic E-state index is -0.458. The van der Waals surface area contributed by atoms with Gasteiger partial charge in [0.2, 0.25) is 11.1 Å². The molecule has 1 aromatic heterocycles. The topological polar surface area (TPSA) is 80.0 Å². The first kappa shape index (κ1) is 18.2. The lowest BCUT2D eigenvalue weighted by molar-refractivity contribution is -0.125. The number of benzene rings is 2. The van der Waals surface area contributed by atoms with E-state index in [4.69, 9.17) is 0 Å². The Bertz CT molecular complexity index is 1180. The third-order valence-electron chi connectivity index (χ3n) is 5.73. The number of rotatable bonds is 2. The van der Waals surface area contributed by atoms with E-state index in [9.17, 15) is 9.90 Å². The number of Topliss-reactive ketones (excluding diaryl/α,β-unsaturated/α-hetero) is 1. The number of carbonyl (C=O) groups excluding carboxylic acids is 1. The van der Waals surface area contributed by atoms with Gasteiger partial charge in [0, 0.05) is 17.7 Å². The summed E-state index contributed by atoms with van der Waals surface area (Å²) in [6.07, 6.45) is 4.50. The van der Waals surface area contributed by atoms with Crippen molar-refractivity contribution in [1.82, 2.24) is 14.8 Å². The zero-order valence-electron chi connectivity index (χ0n) is 16.5. The molecule has 0 saturated carbocycles. The number of anilines is 1. The van der Waals surface area contributed by atoms with Crippen LogP contribution in [0.5, 0.6) is 5.75 Å². The van der Waals surface area contributed by atoms with Crippen molar-refractivity contribution < 1.29 is 9.90 Å². The van der Waals surface area contributed by atoms with Gasteiger partial charge in [-0.15, -0.1) is 5.10 Å². The molecule has 2 N–H and O–H groups in total. The number of aromatic nitrogens is 3. The highest BCUT2D eigenvalue weighted by atomic mass is 32.2. The van der Waals surface area contributed by atoms with Crippen LogP contribution in [0.4, 0.5) is 5.95 Å². The maximum atomic E-state index is 13.3. The molecule has 2 heterocycles. The SMILES string of the molecule is CSc1nc2n(n1)[C@@H](c1c(O)ccc3ccccc13)[C@@H]1C(=O)CC(C)(C)C=C1N2. The Morgan fingerprint density at radius 2 is 2.03 bits per heavy atom. The third-order valence-corrected chi connectivity index (χ3v) is 6.27. The fourth-order valence-corrected chi connectivity index (χ4v) is 4.93. The number of nitrogens with one attached hydrogen (secondary N) is 1. The first-order valence-electron chi connectivity index (χ1n) is 9.61. The molecule has 0 saturated heterocycles. The zero-order valence-corrected chi connectivity index (χ0v) is 17.3. The molecule has 5 rings (SSSR count). The number of carbonyl (C=O) groups is 1. The Morgan fingerprint density at radius 1 is 1.24 bits per heavy atom. The molecule has 0 fully saturated rings. The normalized spacial score (nSPS) is 22.6. The monoisotopic (exact) mass is 406 g/mol. The Labute approximate surface area is 173 Å². The summed E-state index contributed by atoms with van der Waals surface area (Å²) in [7, 11) is 0. The number of hydrogen-bond acceptors (Lipinski definition) is 6. The first-order valence-corrected chi connectivity index (χ1v) is 10.8. The Hall–Kier alpha value is -2.80. The quantitative estimate of drug-likeness (QED) is 0.615. The van der Waals surface area contributed by atoms with Crippen LogP contribution in [0.15, 0.2) is 53.3 Å². The lowest BCUT2D eigenvalue weighted by Crippen LogP contribution is -2.42. The number of allylic oxidation sites excluding steroid dienone is 2. The van der Waals surface area contributed by atoms with E-state index in [0.717, 1.165) is 16.5 Å². The molecule has 29 heavy (non-hydrogen) atoms. The number of aromatic hydroxyl groups is 1. The van der Waals surface area contributed by atoms with Crippen LogP contribution in [0.2, 0.25) is 0 Å². The summed E-state index contributed by atoms with van der Waals surface area (Å²) in [5, 5.41) is 21.5. The lowest BCUT2D eigenvalue weighted by atomic mass is 9.71. The van der Waals surface area contributed by atoms with Crippen LogP contribution in [0.3, 0.4) is 0 Å². The average Bonchev–Trinajstić information content (AvgIpc) is 3.08. The van der Waals surface area contributed by atoms with Crippen molar-refractivity contribution in [2.75, 3.05) is 11.6 Å². The van der Waals surface area contributed by atoms with Crippen LogP contribution < -0.4 is 5.32 Å². The Morgan fingerprint density at radius 3 is 2.83 bits per heavy atom. The van der Waals surface area contributed by atoms with Crippen molar-refractivity contribution in [2.24, 2.45) is 11.3 Å². The summed E-state index contributed by atoms with van der Waals surface area (Å²) in [4.78, 5) is 17.9. The van der Waals surface area contributed by atoms with Crippen LogP contribution in [0.1, 0.15) is 31.9 Å². The summed E-state index contributed by atoms with van der Waals surface area (Å²) in [6, 6.07) is 11.1. The van der Waals surface area contributed by atoms with Gasteiger partial charge < -0.3 is 10.4 Å². The van der Waals surface area contributed by atoms with Crippen LogP contribution in [0, 0.1) is 11.3 Å². The third kappa shape index (κ3) is 2.83. The van der Waals surface area contributed by atoms with Gasteiger partial charge in [-0.3, -0.25) is 4.79 Å². The van der Waals surface area contributed by atoms with Gasteiger partial charge in [0.05, 0.1) is 5.92 Å². The highest BCUT2D eigenvalue weighted by Crippen LogP contribution is 2.48. The number of ketones is 1. The fraction of sp³-hybridized carbons (Fsp3) is 0.318. The van der Waals surface area contributed by atoms with Gasteiger partial charge in [-0.2, -0.15) is 4.98 Å². The molecule has 2 aromatic carbocycles. The molecule has 3 aromatic rings. The van der Waals surface area contributed by atoms with Gasteiger partial charge in [-0.25, -0.2) is 4.68 Å². The van der Waals surface area contributed by atoms with E-state index in [-0.39, 0.29) is 16.9 Å². The fourth-order valence-electron chi connectivity index (χ4n) is 4.58.